The van der Waals surface area contributed by atoms with Crippen LogP contribution < -0.4 is 0 Å². The molecule has 0 aliphatic heterocycles. The predicted molar refractivity (Wildman–Crippen MR) is 80.4 cm³/mol. The van der Waals surface area contributed by atoms with E-state index in [1.807, 2.05) is 24.3 Å². The van der Waals surface area contributed by atoms with Gasteiger partial charge in [0.15, 0.2) is 0 Å². The summed E-state index contributed by atoms with van der Waals surface area (Å²) in [6.45, 7) is 0.758. The largest absolute Gasteiger partial charge is 0.508 e. The van der Waals surface area contributed by atoms with E-state index in [9.17, 15) is 10.2 Å². The first-order chi connectivity index (χ1) is 10.1. The van der Waals surface area contributed by atoms with Gasteiger partial charge in [-0.15, -0.1) is 0 Å². The lowest BCUT2D eigenvalue weighted by Gasteiger charge is -2.09. The molecule has 2 N–H and O–H groups in total. The van der Waals surface area contributed by atoms with E-state index in [-0.39, 0.29) is 11.5 Å². The molecule has 0 saturated carbocycles. The Kier molecular flexibility index (Phi) is 5.20. The fourth-order valence-electron chi connectivity index (χ4n) is 2.28. The molecule has 0 aliphatic carbocycles. The Balaban J connectivity index is 2.21. The summed E-state index contributed by atoms with van der Waals surface area (Å²) in [5.41, 5.74) is 3.69. The lowest BCUT2D eigenvalue weighted by molar-refractivity contribution is 0.182. The van der Waals surface area contributed by atoms with E-state index >= 15 is 0 Å². The zero-order chi connectivity index (χ0) is 15.2. The Morgan fingerprint density at radius 2 is 1.19 bits per heavy atom. The number of hydrogen-bond donors (Lipinski definition) is 2. The Bertz CT molecular complexity index is 554. The molecule has 112 valence electrons. The smallest absolute Gasteiger partial charge is 0.121 e. The highest BCUT2D eigenvalue weighted by Crippen LogP contribution is 2.24. The van der Waals surface area contributed by atoms with Gasteiger partial charge < -0.3 is 19.7 Å². The van der Waals surface area contributed by atoms with Crippen LogP contribution in [0.15, 0.2) is 36.4 Å². The van der Waals surface area contributed by atoms with Crippen molar-refractivity contribution in [2.75, 3.05) is 14.2 Å². The molecule has 2 aromatic rings. The summed E-state index contributed by atoms with van der Waals surface area (Å²) < 4.78 is 10.1. The SMILES string of the molecule is COCc1cc(Cc2ccc(O)c(COC)c2)ccc1O. The van der Waals surface area contributed by atoms with Gasteiger partial charge in [0.25, 0.3) is 0 Å². The Morgan fingerprint density at radius 1 is 0.762 bits per heavy atom. The highest BCUT2D eigenvalue weighted by Gasteiger charge is 2.06. The van der Waals surface area contributed by atoms with Crippen molar-refractivity contribution < 1.29 is 19.7 Å². The predicted octanol–water partition coefficient (Wildman–Crippen LogP) is 2.98. The summed E-state index contributed by atoms with van der Waals surface area (Å²) >= 11 is 0. The quantitative estimate of drug-likeness (QED) is 0.858. The molecule has 2 aromatic carbocycles. The van der Waals surface area contributed by atoms with E-state index in [4.69, 9.17) is 9.47 Å². The van der Waals surface area contributed by atoms with E-state index in [1.54, 1.807) is 26.4 Å². The number of methoxy groups -OCH3 is 2. The van der Waals surface area contributed by atoms with E-state index < -0.39 is 0 Å². The van der Waals surface area contributed by atoms with Crippen LogP contribution in [0.5, 0.6) is 11.5 Å². The molecular weight excluding hydrogens is 268 g/mol. The number of rotatable bonds is 6. The van der Waals surface area contributed by atoms with Crippen molar-refractivity contribution in [3.8, 4) is 11.5 Å². The summed E-state index contributed by atoms with van der Waals surface area (Å²) in [6.07, 6.45) is 0.716. The van der Waals surface area contributed by atoms with Crippen LogP contribution in [0.3, 0.4) is 0 Å². The first kappa shape index (κ1) is 15.4. The number of aromatic hydroxyl groups is 2. The van der Waals surface area contributed by atoms with Gasteiger partial charge in [0.05, 0.1) is 13.2 Å². The van der Waals surface area contributed by atoms with Crippen molar-refractivity contribution in [1.29, 1.82) is 0 Å². The molecule has 0 bridgehead atoms. The second-order valence-electron chi connectivity index (χ2n) is 4.97. The van der Waals surface area contributed by atoms with Crippen LogP contribution in [0.2, 0.25) is 0 Å². The lowest BCUT2D eigenvalue weighted by atomic mass is 10.0. The van der Waals surface area contributed by atoms with Gasteiger partial charge in [-0.25, -0.2) is 0 Å². The third-order valence-electron chi connectivity index (χ3n) is 3.30. The van der Waals surface area contributed by atoms with E-state index in [0.717, 1.165) is 22.3 Å². The minimum Gasteiger partial charge on any atom is -0.508 e. The van der Waals surface area contributed by atoms with Gasteiger partial charge in [-0.1, -0.05) is 12.1 Å². The number of phenolic OH excluding ortho intramolecular Hbond substituents is 2. The summed E-state index contributed by atoms with van der Waals surface area (Å²) in [5, 5.41) is 19.5. The van der Waals surface area contributed by atoms with Gasteiger partial charge in [-0.3, -0.25) is 0 Å². The highest BCUT2D eigenvalue weighted by atomic mass is 16.5. The minimum atomic E-state index is 0.242. The van der Waals surface area contributed by atoms with Crippen LogP contribution in [0.25, 0.3) is 0 Å². The second-order valence-corrected chi connectivity index (χ2v) is 4.97. The zero-order valence-corrected chi connectivity index (χ0v) is 12.3. The molecule has 0 saturated heterocycles. The van der Waals surface area contributed by atoms with Crippen molar-refractivity contribution >= 4 is 0 Å². The average molecular weight is 288 g/mol. The van der Waals surface area contributed by atoms with Gasteiger partial charge >= 0.3 is 0 Å². The number of hydrogen-bond acceptors (Lipinski definition) is 4. The van der Waals surface area contributed by atoms with E-state index in [1.165, 1.54) is 0 Å². The van der Waals surface area contributed by atoms with Crippen LogP contribution in [-0.2, 0) is 29.1 Å². The third-order valence-corrected chi connectivity index (χ3v) is 3.30. The molecule has 0 spiro atoms. The van der Waals surface area contributed by atoms with Crippen molar-refractivity contribution in [3.63, 3.8) is 0 Å². The van der Waals surface area contributed by atoms with Gasteiger partial charge in [-0.2, -0.15) is 0 Å². The molecule has 0 aliphatic rings. The molecule has 0 heterocycles. The summed E-state index contributed by atoms with van der Waals surface area (Å²) in [6, 6.07) is 11.0. The number of ether oxygens (including phenoxy) is 2. The van der Waals surface area contributed by atoms with Crippen LogP contribution in [0.1, 0.15) is 22.3 Å². The fraction of sp³-hybridized carbons (Fsp3) is 0.294. The van der Waals surface area contributed by atoms with Crippen molar-refractivity contribution in [1.82, 2.24) is 0 Å². The van der Waals surface area contributed by atoms with Crippen LogP contribution in [0, 0.1) is 0 Å². The zero-order valence-electron chi connectivity index (χ0n) is 12.3. The van der Waals surface area contributed by atoms with Crippen LogP contribution in [0.4, 0.5) is 0 Å². The highest BCUT2D eigenvalue weighted by molar-refractivity contribution is 5.41. The van der Waals surface area contributed by atoms with Crippen molar-refractivity contribution in [2.45, 2.75) is 19.6 Å². The molecule has 2 rings (SSSR count). The number of benzene rings is 2. The number of phenols is 2. The van der Waals surface area contributed by atoms with Gasteiger partial charge in [0.1, 0.15) is 11.5 Å². The van der Waals surface area contributed by atoms with Crippen LogP contribution in [-0.4, -0.2) is 24.4 Å². The van der Waals surface area contributed by atoms with Gasteiger partial charge in [-0.05, 0) is 41.8 Å². The molecule has 0 aromatic heterocycles. The monoisotopic (exact) mass is 288 g/mol. The summed E-state index contributed by atoms with van der Waals surface area (Å²) in [7, 11) is 3.20. The fourth-order valence-corrected chi connectivity index (χ4v) is 2.28. The Hall–Kier alpha value is -2.04. The first-order valence-electron chi connectivity index (χ1n) is 6.73. The molecular formula is C17H20O4. The third kappa shape index (κ3) is 3.97. The van der Waals surface area contributed by atoms with E-state index in [0.29, 0.717) is 19.6 Å². The Morgan fingerprint density at radius 3 is 1.57 bits per heavy atom. The summed E-state index contributed by atoms with van der Waals surface area (Å²) in [4.78, 5) is 0. The van der Waals surface area contributed by atoms with Gasteiger partial charge in [0.2, 0.25) is 0 Å². The topological polar surface area (TPSA) is 58.9 Å². The van der Waals surface area contributed by atoms with Crippen molar-refractivity contribution in [3.05, 3.63) is 58.7 Å². The second kappa shape index (κ2) is 7.11. The minimum absolute atomic E-state index is 0.242. The van der Waals surface area contributed by atoms with Crippen molar-refractivity contribution in [2.24, 2.45) is 0 Å². The maximum absolute atomic E-state index is 9.75. The molecule has 0 fully saturated rings. The standard InChI is InChI=1S/C17H20O4/c1-20-10-14-8-12(3-5-16(14)18)7-13-4-6-17(19)15(9-13)11-21-2/h3-6,8-9,18-19H,7,10-11H2,1-2H3. The van der Waals surface area contributed by atoms with E-state index in [2.05, 4.69) is 0 Å². The molecule has 0 amide bonds. The average Bonchev–Trinajstić information content (AvgIpc) is 2.47. The molecule has 21 heavy (non-hydrogen) atoms. The van der Waals surface area contributed by atoms with Gasteiger partial charge in [0, 0.05) is 25.3 Å². The Labute approximate surface area is 124 Å². The molecule has 0 atom stereocenters. The lowest BCUT2D eigenvalue weighted by Crippen LogP contribution is -1.95. The molecule has 0 radical (unpaired) electrons. The maximum Gasteiger partial charge on any atom is 0.121 e. The molecule has 0 unspecified atom stereocenters. The maximum atomic E-state index is 9.75. The summed E-state index contributed by atoms with van der Waals surface area (Å²) in [5.74, 6) is 0.484. The first-order valence-corrected chi connectivity index (χ1v) is 6.73. The molecule has 4 nitrogen and oxygen atoms in total. The van der Waals surface area contributed by atoms with Crippen LogP contribution >= 0.6 is 0 Å². The normalized spacial score (nSPS) is 10.8. The molecule has 4 heteroatoms.